The predicted octanol–water partition coefficient (Wildman–Crippen LogP) is 1.71. The van der Waals surface area contributed by atoms with Gasteiger partial charge in [0.1, 0.15) is 0 Å². The van der Waals surface area contributed by atoms with Gasteiger partial charge in [0.15, 0.2) is 0 Å². The van der Waals surface area contributed by atoms with Gasteiger partial charge >= 0.3 is 6.03 Å². The fraction of sp³-hybridized carbons (Fsp3) is 0.818. The van der Waals surface area contributed by atoms with Crippen LogP contribution in [0, 0.1) is 23.2 Å². The summed E-state index contributed by atoms with van der Waals surface area (Å²) >= 11 is 0. The molecule has 0 aromatic rings. The second-order valence-corrected chi connectivity index (χ2v) is 5.48. The molecular weight excluding hydrogens is 190 g/mol. The summed E-state index contributed by atoms with van der Waals surface area (Å²) < 4.78 is 0. The van der Waals surface area contributed by atoms with Crippen LogP contribution in [0.4, 0.5) is 4.79 Å². The smallest absolute Gasteiger partial charge is 0.332 e. The van der Waals surface area contributed by atoms with Crippen LogP contribution in [0.25, 0.3) is 0 Å². The third-order valence-electron chi connectivity index (χ3n) is 4.27. The summed E-state index contributed by atoms with van der Waals surface area (Å²) in [6, 6.07) is -0.575. The number of hydrogen-bond donors (Lipinski definition) is 2. The lowest BCUT2D eigenvalue weighted by atomic mass is 9.45. The highest BCUT2D eigenvalue weighted by Gasteiger charge is 2.56. The molecule has 0 spiro atoms. The van der Waals surface area contributed by atoms with E-state index in [9.17, 15) is 4.79 Å². The molecule has 2 bridgehead atoms. The van der Waals surface area contributed by atoms with Gasteiger partial charge in [-0.15, -0.1) is 0 Å². The molecule has 0 aliphatic heterocycles. The molecule has 84 valence electrons. The second kappa shape index (κ2) is 3.22. The Morgan fingerprint density at radius 2 is 2.27 bits per heavy atom. The monoisotopic (exact) mass is 209 g/mol. The third kappa shape index (κ3) is 1.52. The number of rotatable bonds is 1. The Morgan fingerprint density at radius 1 is 1.60 bits per heavy atom. The van der Waals surface area contributed by atoms with Gasteiger partial charge in [-0.3, -0.25) is 0 Å². The van der Waals surface area contributed by atoms with E-state index in [2.05, 4.69) is 31.3 Å². The minimum Gasteiger partial charge on any atom is -0.350 e. The number of carbonyl (C=O) groups is 1. The summed E-state index contributed by atoms with van der Waals surface area (Å²) in [4.78, 5) is 10.6. The van der Waals surface area contributed by atoms with Crippen molar-refractivity contribution < 1.29 is 4.79 Å². The van der Waals surface area contributed by atoms with E-state index < -0.39 is 6.03 Å². The van der Waals surface area contributed by atoms with Gasteiger partial charge in [0.05, 0.1) is 0 Å². The zero-order valence-corrected chi connectivity index (χ0v) is 9.58. The average molecular weight is 209 g/mol. The zero-order valence-electron chi connectivity index (χ0n) is 9.58. The highest BCUT2D eigenvalue weighted by atomic mass is 16.2. The predicted molar refractivity (Wildman–Crippen MR) is 59.3 cm³/mol. The summed E-state index contributed by atoms with van der Waals surface area (Å²) in [7, 11) is 0. The van der Waals surface area contributed by atoms with Gasteiger partial charge in [0.2, 0.25) is 0 Å². The number of hydrazone groups is 1. The number of nitrogens with zero attached hydrogens (tertiary/aromatic N) is 1. The molecule has 0 radical (unpaired) electrons. The van der Waals surface area contributed by atoms with E-state index in [1.807, 2.05) is 0 Å². The van der Waals surface area contributed by atoms with Crippen molar-refractivity contribution >= 4 is 11.7 Å². The Hall–Kier alpha value is -1.06. The Bertz CT molecular complexity index is 322. The van der Waals surface area contributed by atoms with E-state index in [-0.39, 0.29) is 0 Å². The van der Waals surface area contributed by atoms with E-state index in [4.69, 9.17) is 5.73 Å². The first-order valence-corrected chi connectivity index (χ1v) is 5.55. The van der Waals surface area contributed by atoms with E-state index in [1.54, 1.807) is 0 Å². The number of hydrogen-bond acceptors (Lipinski definition) is 2. The summed E-state index contributed by atoms with van der Waals surface area (Å²) in [5.41, 5.74) is 8.83. The number of fused-ring (bicyclic) bond motifs is 2. The zero-order chi connectivity index (χ0) is 11.2. The van der Waals surface area contributed by atoms with Crippen LogP contribution in [-0.2, 0) is 0 Å². The van der Waals surface area contributed by atoms with Crippen molar-refractivity contribution in [3.05, 3.63) is 0 Å². The molecule has 3 fully saturated rings. The van der Waals surface area contributed by atoms with Gasteiger partial charge in [-0.1, -0.05) is 20.8 Å². The van der Waals surface area contributed by atoms with Crippen molar-refractivity contribution in [1.29, 1.82) is 0 Å². The Morgan fingerprint density at radius 3 is 2.73 bits per heavy atom. The fourth-order valence-corrected chi connectivity index (χ4v) is 3.36. The van der Waals surface area contributed by atoms with Crippen LogP contribution in [0.2, 0.25) is 0 Å². The summed E-state index contributed by atoms with van der Waals surface area (Å²) in [5, 5.41) is 4.14. The number of nitrogens with one attached hydrogen (secondary N) is 1. The molecule has 3 aliphatic rings. The standard InChI is InChI=1S/C11H19N3O/c1-6-4-9(13-14-10(12)15)8-5-7(6)11(8,2)3/h6-8H,4-5H2,1-3H3,(H3,12,14,15)/b13-9-/t6-,7-,8+/m0/s1. The quantitative estimate of drug-likeness (QED) is 0.634. The number of primary amides is 1. The normalized spacial score (nSPS) is 39.7. The van der Waals surface area contributed by atoms with Crippen LogP contribution in [0.15, 0.2) is 5.10 Å². The maximum absolute atomic E-state index is 10.6. The first-order chi connectivity index (χ1) is 6.93. The van der Waals surface area contributed by atoms with Gasteiger partial charge in [-0.05, 0) is 30.1 Å². The van der Waals surface area contributed by atoms with Crippen molar-refractivity contribution in [3.63, 3.8) is 0 Å². The van der Waals surface area contributed by atoms with Gasteiger partial charge in [0, 0.05) is 11.6 Å². The maximum atomic E-state index is 10.6. The third-order valence-corrected chi connectivity index (χ3v) is 4.27. The van der Waals surface area contributed by atoms with Crippen molar-refractivity contribution in [2.24, 2.45) is 34.0 Å². The molecule has 0 heterocycles. The molecular formula is C11H19N3O. The molecule has 3 aliphatic carbocycles. The first kappa shape index (κ1) is 10.5. The molecule has 3 N–H and O–H groups in total. The molecule has 4 heteroatoms. The Kier molecular flexibility index (Phi) is 2.24. The topological polar surface area (TPSA) is 67.5 Å². The van der Waals surface area contributed by atoms with E-state index in [0.717, 1.165) is 18.1 Å². The van der Waals surface area contributed by atoms with Crippen molar-refractivity contribution in [3.8, 4) is 0 Å². The van der Waals surface area contributed by atoms with Crippen molar-refractivity contribution in [2.45, 2.75) is 33.6 Å². The van der Waals surface area contributed by atoms with Crippen molar-refractivity contribution in [1.82, 2.24) is 5.43 Å². The molecule has 0 aromatic heterocycles. The molecule has 15 heavy (non-hydrogen) atoms. The second-order valence-electron chi connectivity index (χ2n) is 5.48. The summed E-state index contributed by atoms with van der Waals surface area (Å²) in [6.45, 7) is 6.85. The number of amides is 2. The first-order valence-electron chi connectivity index (χ1n) is 5.55. The van der Waals surface area contributed by atoms with Gasteiger partial charge < -0.3 is 5.73 Å². The molecule has 2 amide bonds. The van der Waals surface area contributed by atoms with E-state index in [1.165, 1.54) is 6.42 Å². The van der Waals surface area contributed by atoms with Crippen molar-refractivity contribution in [2.75, 3.05) is 0 Å². The number of carbonyl (C=O) groups excluding carboxylic acids is 1. The molecule has 0 unspecified atom stereocenters. The Balaban J connectivity index is 2.14. The summed E-state index contributed by atoms with van der Waals surface area (Å²) in [5.74, 6) is 2.01. The molecule has 0 aromatic carbocycles. The van der Waals surface area contributed by atoms with Gasteiger partial charge in [-0.25, -0.2) is 10.2 Å². The van der Waals surface area contributed by atoms with Crippen LogP contribution in [0.1, 0.15) is 33.6 Å². The summed E-state index contributed by atoms with van der Waals surface area (Å²) in [6.07, 6.45) is 2.21. The minimum atomic E-state index is -0.575. The van der Waals surface area contributed by atoms with Crippen LogP contribution in [0.5, 0.6) is 0 Å². The Labute approximate surface area is 90.3 Å². The van der Waals surface area contributed by atoms with Crippen LogP contribution < -0.4 is 11.2 Å². The molecule has 4 nitrogen and oxygen atoms in total. The molecule has 3 atom stereocenters. The van der Waals surface area contributed by atoms with E-state index >= 15 is 0 Å². The SMILES string of the molecule is C[C@H]1C/C(=N/NC(N)=O)[C@H]2C[C@@H]1C2(C)C. The van der Waals surface area contributed by atoms with Gasteiger partial charge in [-0.2, -0.15) is 5.10 Å². The lowest BCUT2D eigenvalue weighted by Crippen LogP contribution is -2.56. The van der Waals surface area contributed by atoms with Crippen LogP contribution in [-0.4, -0.2) is 11.7 Å². The van der Waals surface area contributed by atoms with Crippen LogP contribution >= 0.6 is 0 Å². The lowest BCUT2D eigenvalue weighted by Gasteiger charge is -2.59. The highest BCUT2D eigenvalue weighted by molar-refractivity contribution is 5.91. The molecule has 0 saturated heterocycles. The number of urea groups is 1. The van der Waals surface area contributed by atoms with Gasteiger partial charge in [0.25, 0.3) is 0 Å². The molecule has 3 rings (SSSR count). The minimum absolute atomic E-state index is 0.343. The average Bonchev–Trinajstić information content (AvgIpc) is 2.13. The number of nitrogens with two attached hydrogens (primary N) is 1. The molecule has 3 saturated carbocycles. The highest BCUT2D eigenvalue weighted by Crippen LogP contribution is 2.59. The van der Waals surface area contributed by atoms with Crippen LogP contribution in [0.3, 0.4) is 0 Å². The largest absolute Gasteiger partial charge is 0.350 e. The fourth-order valence-electron chi connectivity index (χ4n) is 3.36. The lowest BCUT2D eigenvalue weighted by molar-refractivity contribution is -0.0342. The maximum Gasteiger partial charge on any atom is 0.332 e. The van der Waals surface area contributed by atoms with E-state index in [0.29, 0.717) is 17.3 Å².